The zero-order chi connectivity index (χ0) is 8.10. The van der Waals surface area contributed by atoms with Crippen LogP contribution < -0.4 is 0 Å². The van der Waals surface area contributed by atoms with Crippen molar-refractivity contribution in [1.29, 1.82) is 0 Å². The molecule has 0 bridgehead atoms. The fourth-order valence-electron chi connectivity index (χ4n) is 0.970. The summed E-state index contributed by atoms with van der Waals surface area (Å²) in [6.07, 6.45) is 2.21. The van der Waals surface area contributed by atoms with Crippen LogP contribution in [0.15, 0.2) is 30.3 Å². The Morgan fingerprint density at radius 2 is 1.91 bits per heavy atom. The van der Waals surface area contributed by atoms with Crippen molar-refractivity contribution in [3.8, 4) is 0 Å². The van der Waals surface area contributed by atoms with Crippen molar-refractivity contribution in [3.63, 3.8) is 0 Å². The number of aliphatic hydroxyl groups excluding tert-OH is 1. The van der Waals surface area contributed by atoms with Gasteiger partial charge in [0.25, 0.3) is 0 Å². The fraction of sp³-hybridized carbons (Fsp3) is 0.300. The van der Waals surface area contributed by atoms with Gasteiger partial charge in [0.05, 0.1) is 6.10 Å². The van der Waals surface area contributed by atoms with E-state index in [4.69, 9.17) is 5.11 Å². The van der Waals surface area contributed by atoms with Crippen LogP contribution in [0.4, 0.5) is 0 Å². The van der Waals surface area contributed by atoms with E-state index in [0.29, 0.717) is 6.10 Å². The molecule has 1 radical (unpaired) electrons. The van der Waals surface area contributed by atoms with Gasteiger partial charge >= 0.3 is 0 Å². The number of hydrogen-bond donors (Lipinski definition) is 1. The van der Waals surface area contributed by atoms with E-state index in [1.54, 1.807) is 6.92 Å². The third-order valence-electron chi connectivity index (χ3n) is 1.62. The topological polar surface area (TPSA) is 20.2 Å². The normalized spacial score (nSPS) is 10.5. The highest BCUT2D eigenvalue weighted by molar-refractivity contribution is 5.14. The number of aliphatic hydroxyl groups is 1. The second kappa shape index (κ2) is 4.14. The lowest BCUT2D eigenvalue weighted by Gasteiger charge is -2.01. The highest BCUT2D eigenvalue weighted by Gasteiger charge is 1.96. The van der Waals surface area contributed by atoms with E-state index in [-0.39, 0.29) is 0 Å². The molecule has 1 nitrogen and oxygen atoms in total. The fourth-order valence-corrected chi connectivity index (χ4v) is 0.970. The summed E-state index contributed by atoms with van der Waals surface area (Å²) in [5.74, 6) is 0. The van der Waals surface area contributed by atoms with Crippen molar-refractivity contribution in [1.82, 2.24) is 0 Å². The highest BCUT2D eigenvalue weighted by Crippen LogP contribution is 2.07. The standard InChI is InChI=1S/C10H13O/c1-9(11)7-8-10-5-3-2-4-6-10/h2-6,11H,7-8H2,1H3. The summed E-state index contributed by atoms with van der Waals surface area (Å²) in [4.78, 5) is 0. The number of benzene rings is 1. The zero-order valence-corrected chi connectivity index (χ0v) is 6.75. The van der Waals surface area contributed by atoms with E-state index in [1.165, 1.54) is 5.56 Å². The first-order valence-corrected chi connectivity index (χ1v) is 3.84. The molecule has 11 heavy (non-hydrogen) atoms. The van der Waals surface area contributed by atoms with Crippen LogP contribution in [0.2, 0.25) is 0 Å². The monoisotopic (exact) mass is 149 g/mol. The quantitative estimate of drug-likeness (QED) is 0.700. The first-order chi connectivity index (χ1) is 5.29. The van der Waals surface area contributed by atoms with Gasteiger partial charge in [0.2, 0.25) is 0 Å². The Morgan fingerprint density at radius 3 is 2.45 bits per heavy atom. The summed E-state index contributed by atoms with van der Waals surface area (Å²) in [7, 11) is 0. The smallest absolute Gasteiger partial charge is 0.0906 e. The molecule has 0 amide bonds. The highest BCUT2D eigenvalue weighted by atomic mass is 16.3. The van der Waals surface area contributed by atoms with Crippen LogP contribution in [0.1, 0.15) is 18.9 Å². The van der Waals surface area contributed by atoms with E-state index in [0.717, 1.165) is 12.8 Å². The molecule has 1 aromatic carbocycles. The first-order valence-electron chi connectivity index (χ1n) is 3.84. The maximum Gasteiger partial charge on any atom is 0.0906 e. The summed E-state index contributed by atoms with van der Waals surface area (Å²) < 4.78 is 0. The molecule has 0 atom stereocenters. The van der Waals surface area contributed by atoms with Crippen molar-refractivity contribution in [2.24, 2.45) is 0 Å². The molecule has 59 valence electrons. The van der Waals surface area contributed by atoms with Crippen LogP contribution >= 0.6 is 0 Å². The van der Waals surface area contributed by atoms with Gasteiger partial charge in [-0.3, -0.25) is 0 Å². The van der Waals surface area contributed by atoms with E-state index < -0.39 is 0 Å². The summed E-state index contributed by atoms with van der Waals surface area (Å²) in [5.41, 5.74) is 1.28. The predicted octanol–water partition coefficient (Wildman–Crippen LogP) is 2.54. The summed E-state index contributed by atoms with van der Waals surface area (Å²) >= 11 is 0. The molecule has 0 aliphatic rings. The molecule has 1 N–H and O–H groups in total. The van der Waals surface area contributed by atoms with Gasteiger partial charge in [-0.2, -0.15) is 0 Å². The van der Waals surface area contributed by atoms with Crippen LogP contribution in [0.5, 0.6) is 0 Å². The Kier molecular flexibility index (Phi) is 3.12. The minimum absolute atomic E-state index is 0.508. The van der Waals surface area contributed by atoms with E-state index in [9.17, 15) is 0 Å². The van der Waals surface area contributed by atoms with E-state index in [1.807, 2.05) is 18.2 Å². The van der Waals surface area contributed by atoms with Gasteiger partial charge < -0.3 is 5.11 Å². The van der Waals surface area contributed by atoms with Crippen LogP contribution in [0, 0.1) is 6.10 Å². The average Bonchev–Trinajstić information content (AvgIpc) is 2.03. The molecule has 0 aliphatic carbocycles. The minimum Gasteiger partial charge on any atom is -0.387 e. The van der Waals surface area contributed by atoms with E-state index >= 15 is 0 Å². The van der Waals surface area contributed by atoms with Gasteiger partial charge in [0, 0.05) is 0 Å². The molecule has 0 fully saturated rings. The molecule has 0 unspecified atom stereocenters. The van der Waals surface area contributed by atoms with Gasteiger partial charge in [0.1, 0.15) is 0 Å². The summed E-state index contributed by atoms with van der Waals surface area (Å²) in [6, 6.07) is 10.2. The molecule has 0 saturated heterocycles. The van der Waals surface area contributed by atoms with Crippen molar-refractivity contribution in [3.05, 3.63) is 42.0 Å². The molecule has 0 spiro atoms. The molecular formula is C10H13O. The minimum atomic E-state index is 0.508. The lowest BCUT2D eigenvalue weighted by Crippen LogP contribution is -1.92. The van der Waals surface area contributed by atoms with Crippen molar-refractivity contribution >= 4 is 0 Å². The molecule has 1 aromatic rings. The van der Waals surface area contributed by atoms with Crippen LogP contribution in [-0.2, 0) is 6.42 Å². The third-order valence-corrected chi connectivity index (χ3v) is 1.62. The van der Waals surface area contributed by atoms with Gasteiger partial charge in [-0.1, -0.05) is 30.3 Å². The maximum absolute atomic E-state index is 8.93. The molecule has 0 saturated carbocycles. The zero-order valence-electron chi connectivity index (χ0n) is 6.75. The molecule has 0 aliphatic heterocycles. The van der Waals surface area contributed by atoms with Crippen LogP contribution in [0.3, 0.4) is 0 Å². The van der Waals surface area contributed by atoms with Crippen molar-refractivity contribution in [2.45, 2.75) is 19.8 Å². The molecule has 0 aromatic heterocycles. The van der Waals surface area contributed by atoms with Gasteiger partial charge in [-0.25, -0.2) is 0 Å². The predicted molar refractivity (Wildman–Crippen MR) is 45.6 cm³/mol. The van der Waals surface area contributed by atoms with Crippen molar-refractivity contribution in [2.75, 3.05) is 0 Å². The molecular weight excluding hydrogens is 136 g/mol. The number of hydrogen-bond acceptors (Lipinski definition) is 1. The van der Waals surface area contributed by atoms with E-state index in [2.05, 4.69) is 12.1 Å². The Labute approximate surface area is 67.7 Å². The first kappa shape index (κ1) is 8.28. The largest absolute Gasteiger partial charge is 0.387 e. The van der Waals surface area contributed by atoms with Gasteiger partial charge in [0.15, 0.2) is 0 Å². The van der Waals surface area contributed by atoms with Crippen LogP contribution in [0.25, 0.3) is 0 Å². The van der Waals surface area contributed by atoms with Gasteiger partial charge in [-0.05, 0) is 25.3 Å². The maximum atomic E-state index is 8.93. The third kappa shape index (κ3) is 3.19. The van der Waals surface area contributed by atoms with Crippen molar-refractivity contribution < 1.29 is 5.11 Å². The molecule has 0 heterocycles. The Bertz CT molecular complexity index is 191. The van der Waals surface area contributed by atoms with Gasteiger partial charge in [-0.15, -0.1) is 0 Å². The second-order valence-corrected chi connectivity index (χ2v) is 2.72. The number of rotatable bonds is 3. The second-order valence-electron chi connectivity index (χ2n) is 2.72. The lowest BCUT2D eigenvalue weighted by atomic mass is 10.1. The average molecular weight is 149 g/mol. The summed E-state index contributed by atoms with van der Waals surface area (Å²) in [6.45, 7) is 1.74. The SMILES string of the molecule is C[C](O)CCc1ccccc1. The Morgan fingerprint density at radius 1 is 1.27 bits per heavy atom. The lowest BCUT2D eigenvalue weighted by molar-refractivity contribution is 0.296. The number of aryl methyl sites for hydroxylation is 1. The molecule has 1 heteroatoms. The molecule has 1 rings (SSSR count). The Hall–Kier alpha value is -0.820. The Balaban J connectivity index is 2.39. The van der Waals surface area contributed by atoms with Crippen LogP contribution in [-0.4, -0.2) is 5.11 Å². The summed E-state index contributed by atoms with van der Waals surface area (Å²) in [5, 5.41) is 8.93.